The minimum absolute atomic E-state index is 0.0543. The lowest BCUT2D eigenvalue weighted by atomic mass is 10.1. The van der Waals surface area contributed by atoms with E-state index in [2.05, 4.69) is 5.32 Å². The van der Waals surface area contributed by atoms with Gasteiger partial charge in [-0.1, -0.05) is 19.1 Å². The van der Waals surface area contributed by atoms with E-state index < -0.39 is 0 Å². The van der Waals surface area contributed by atoms with Crippen molar-refractivity contribution in [2.75, 3.05) is 0 Å². The molecule has 0 fully saturated rings. The highest BCUT2D eigenvalue weighted by molar-refractivity contribution is 5.76. The van der Waals surface area contributed by atoms with Crippen molar-refractivity contribution in [2.45, 2.75) is 39.2 Å². The summed E-state index contributed by atoms with van der Waals surface area (Å²) in [6, 6.07) is 6.49. The Morgan fingerprint density at radius 2 is 2.00 bits per heavy atom. The summed E-state index contributed by atoms with van der Waals surface area (Å²) in [6.45, 7) is 4.01. The molecule has 0 saturated carbocycles. The van der Waals surface area contributed by atoms with E-state index in [1.165, 1.54) is 12.1 Å². The summed E-state index contributed by atoms with van der Waals surface area (Å²) in [4.78, 5) is 11.5. The predicted molar refractivity (Wildman–Crippen MR) is 62.6 cm³/mol. The van der Waals surface area contributed by atoms with Crippen molar-refractivity contribution in [3.05, 3.63) is 35.6 Å². The summed E-state index contributed by atoms with van der Waals surface area (Å²) < 4.78 is 12.6. The van der Waals surface area contributed by atoms with Gasteiger partial charge in [-0.25, -0.2) is 4.39 Å². The fraction of sp³-hybridized carbons (Fsp3) is 0.462. The molecule has 0 spiro atoms. The Morgan fingerprint density at radius 1 is 1.38 bits per heavy atom. The molecule has 16 heavy (non-hydrogen) atoms. The summed E-state index contributed by atoms with van der Waals surface area (Å²) in [6.07, 6.45) is 2.04. The molecule has 1 N–H and O–H groups in total. The van der Waals surface area contributed by atoms with Crippen LogP contribution in [-0.2, 0) is 11.2 Å². The first-order valence-electron chi connectivity index (χ1n) is 5.65. The van der Waals surface area contributed by atoms with Crippen LogP contribution in [0, 0.1) is 5.82 Å². The second kappa shape index (κ2) is 6.26. The first-order chi connectivity index (χ1) is 7.61. The molecule has 1 aromatic rings. The van der Waals surface area contributed by atoms with Crippen molar-refractivity contribution in [1.82, 2.24) is 5.32 Å². The van der Waals surface area contributed by atoms with Crippen molar-refractivity contribution in [2.24, 2.45) is 0 Å². The van der Waals surface area contributed by atoms with Gasteiger partial charge in [0, 0.05) is 12.5 Å². The fourth-order valence-corrected chi connectivity index (χ4v) is 1.36. The first-order valence-corrected chi connectivity index (χ1v) is 5.65. The normalized spacial score (nSPS) is 12.2. The van der Waals surface area contributed by atoms with E-state index in [1.807, 2.05) is 13.8 Å². The van der Waals surface area contributed by atoms with Crippen LogP contribution >= 0.6 is 0 Å². The van der Waals surface area contributed by atoms with Gasteiger partial charge in [0.1, 0.15) is 5.82 Å². The van der Waals surface area contributed by atoms with Crippen LogP contribution < -0.4 is 5.32 Å². The third-order valence-corrected chi connectivity index (χ3v) is 2.57. The molecule has 1 amide bonds. The lowest BCUT2D eigenvalue weighted by Gasteiger charge is -2.11. The topological polar surface area (TPSA) is 29.1 Å². The Balaban J connectivity index is 2.34. The van der Waals surface area contributed by atoms with Crippen LogP contribution in [0.15, 0.2) is 24.3 Å². The number of nitrogens with one attached hydrogen (secondary N) is 1. The maximum atomic E-state index is 12.6. The van der Waals surface area contributed by atoms with Crippen molar-refractivity contribution >= 4 is 5.91 Å². The summed E-state index contributed by atoms with van der Waals surface area (Å²) in [5.74, 6) is -0.188. The van der Waals surface area contributed by atoms with Gasteiger partial charge in [-0.05, 0) is 37.5 Å². The number of aryl methyl sites for hydroxylation is 1. The molecular weight excluding hydrogens is 205 g/mol. The van der Waals surface area contributed by atoms with Gasteiger partial charge in [-0.15, -0.1) is 0 Å². The van der Waals surface area contributed by atoms with E-state index in [-0.39, 0.29) is 17.8 Å². The molecule has 3 heteroatoms. The highest BCUT2D eigenvalue weighted by Crippen LogP contribution is 2.05. The second-order valence-electron chi connectivity index (χ2n) is 4.00. The highest BCUT2D eigenvalue weighted by Gasteiger charge is 2.05. The average molecular weight is 223 g/mol. The number of carbonyl (C=O) groups excluding carboxylic acids is 1. The molecule has 0 aliphatic heterocycles. The van der Waals surface area contributed by atoms with Crippen molar-refractivity contribution in [3.8, 4) is 0 Å². The molecule has 1 aromatic carbocycles. The number of halogens is 1. The van der Waals surface area contributed by atoms with Crippen LogP contribution in [0.1, 0.15) is 32.3 Å². The van der Waals surface area contributed by atoms with E-state index in [0.29, 0.717) is 12.8 Å². The minimum Gasteiger partial charge on any atom is -0.354 e. The van der Waals surface area contributed by atoms with E-state index in [9.17, 15) is 9.18 Å². The molecule has 0 heterocycles. The summed E-state index contributed by atoms with van der Waals surface area (Å²) in [7, 11) is 0. The SMILES string of the molecule is CC[C@@H](C)NC(=O)CCc1ccc(F)cc1. The van der Waals surface area contributed by atoms with E-state index in [0.717, 1.165) is 12.0 Å². The molecule has 2 nitrogen and oxygen atoms in total. The third-order valence-electron chi connectivity index (χ3n) is 2.57. The second-order valence-corrected chi connectivity index (χ2v) is 4.00. The maximum absolute atomic E-state index is 12.6. The van der Waals surface area contributed by atoms with E-state index >= 15 is 0 Å². The number of amides is 1. The monoisotopic (exact) mass is 223 g/mol. The Labute approximate surface area is 95.9 Å². The Kier molecular flexibility index (Phi) is 4.96. The molecule has 0 bridgehead atoms. The van der Waals surface area contributed by atoms with Gasteiger partial charge in [-0.3, -0.25) is 4.79 Å². The van der Waals surface area contributed by atoms with Crippen molar-refractivity contribution in [1.29, 1.82) is 0 Å². The van der Waals surface area contributed by atoms with Gasteiger partial charge < -0.3 is 5.32 Å². The minimum atomic E-state index is -0.243. The van der Waals surface area contributed by atoms with Crippen LogP contribution in [0.25, 0.3) is 0 Å². The Hall–Kier alpha value is -1.38. The van der Waals surface area contributed by atoms with E-state index in [1.54, 1.807) is 12.1 Å². The van der Waals surface area contributed by atoms with Crippen molar-refractivity contribution < 1.29 is 9.18 Å². The van der Waals surface area contributed by atoms with Crippen LogP contribution in [-0.4, -0.2) is 11.9 Å². The van der Waals surface area contributed by atoms with Gasteiger partial charge in [0.05, 0.1) is 0 Å². The van der Waals surface area contributed by atoms with Gasteiger partial charge in [0.2, 0.25) is 5.91 Å². The Morgan fingerprint density at radius 3 is 2.56 bits per heavy atom. The zero-order chi connectivity index (χ0) is 12.0. The summed E-state index contributed by atoms with van der Waals surface area (Å²) >= 11 is 0. The number of carbonyl (C=O) groups is 1. The van der Waals surface area contributed by atoms with Crippen LogP contribution in [0.5, 0.6) is 0 Å². The summed E-state index contributed by atoms with van der Waals surface area (Å²) in [5.41, 5.74) is 0.987. The van der Waals surface area contributed by atoms with Gasteiger partial charge >= 0.3 is 0 Å². The van der Waals surface area contributed by atoms with Crippen LogP contribution in [0.3, 0.4) is 0 Å². The molecule has 1 rings (SSSR count). The molecule has 1 atom stereocenters. The lowest BCUT2D eigenvalue weighted by molar-refractivity contribution is -0.121. The Bertz CT molecular complexity index is 334. The van der Waals surface area contributed by atoms with Gasteiger partial charge in [0.15, 0.2) is 0 Å². The van der Waals surface area contributed by atoms with E-state index in [4.69, 9.17) is 0 Å². The smallest absolute Gasteiger partial charge is 0.220 e. The van der Waals surface area contributed by atoms with Crippen LogP contribution in [0.2, 0.25) is 0 Å². The highest BCUT2D eigenvalue weighted by atomic mass is 19.1. The quantitative estimate of drug-likeness (QED) is 0.817. The molecule has 0 unspecified atom stereocenters. The molecule has 0 aromatic heterocycles. The maximum Gasteiger partial charge on any atom is 0.220 e. The molecule has 88 valence electrons. The number of hydrogen-bond donors (Lipinski definition) is 1. The van der Waals surface area contributed by atoms with Gasteiger partial charge in [-0.2, -0.15) is 0 Å². The zero-order valence-electron chi connectivity index (χ0n) is 9.79. The zero-order valence-corrected chi connectivity index (χ0v) is 9.79. The number of benzene rings is 1. The van der Waals surface area contributed by atoms with Gasteiger partial charge in [0.25, 0.3) is 0 Å². The molecule has 0 aliphatic rings. The van der Waals surface area contributed by atoms with Crippen molar-refractivity contribution in [3.63, 3.8) is 0 Å². The first kappa shape index (κ1) is 12.7. The molecule has 0 radical (unpaired) electrons. The lowest BCUT2D eigenvalue weighted by Crippen LogP contribution is -2.31. The fourth-order valence-electron chi connectivity index (χ4n) is 1.36. The predicted octanol–water partition coefficient (Wildman–Crippen LogP) is 2.67. The summed E-state index contributed by atoms with van der Waals surface area (Å²) in [5, 5.41) is 2.90. The average Bonchev–Trinajstić information content (AvgIpc) is 2.28. The third kappa shape index (κ3) is 4.43. The number of hydrogen-bond acceptors (Lipinski definition) is 1. The number of rotatable bonds is 5. The standard InChI is InChI=1S/C13H18FNO/c1-3-10(2)15-13(16)9-6-11-4-7-12(14)8-5-11/h4-5,7-8,10H,3,6,9H2,1-2H3,(H,15,16)/t10-/m1/s1. The molecular formula is C13H18FNO. The molecule has 0 saturated heterocycles. The largest absolute Gasteiger partial charge is 0.354 e. The molecule has 0 aliphatic carbocycles. The van der Waals surface area contributed by atoms with Crippen LogP contribution in [0.4, 0.5) is 4.39 Å².